The molecular weight excluding hydrogens is 438 g/mol. The van der Waals surface area contributed by atoms with Crippen molar-refractivity contribution < 1.29 is 9.15 Å². The summed E-state index contributed by atoms with van der Waals surface area (Å²) in [6, 6.07) is 24.3. The molecule has 0 radical (unpaired) electrons. The van der Waals surface area contributed by atoms with E-state index in [-0.39, 0.29) is 0 Å². The highest BCUT2D eigenvalue weighted by atomic mass is 16.5. The van der Waals surface area contributed by atoms with Crippen molar-refractivity contribution in [3.8, 4) is 28.1 Å². The van der Waals surface area contributed by atoms with E-state index >= 15 is 0 Å². The van der Waals surface area contributed by atoms with Gasteiger partial charge < -0.3 is 14.5 Å². The second-order valence-electron chi connectivity index (χ2n) is 8.75. The van der Waals surface area contributed by atoms with E-state index in [1.807, 2.05) is 53.0 Å². The average Bonchev–Trinajstić information content (AvgIpc) is 3.67. The minimum atomic E-state index is 0.551. The number of aromatic nitrogens is 3. The number of nitrogens with zero attached hydrogens (tertiary/aromatic N) is 4. The summed E-state index contributed by atoms with van der Waals surface area (Å²) in [5.41, 5.74) is 5.91. The molecule has 1 fully saturated rings. The van der Waals surface area contributed by atoms with Gasteiger partial charge in [-0.25, -0.2) is 4.52 Å². The highest BCUT2D eigenvalue weighted by Crippen LogP contribution is 2.26. The number of hydrogen-bond acceptors (Lipinski definition) is 6. The van der Waals surface area contributed by atoms with Gasteiger partial charge in [-0.3, -0.25) is 4.90 Å². The summed E-state index contributed by atoms with van der Waals surface area (Å²) in [6.45, 7) is 4.08. The quantitative estimate of drug-likeness (QED) is 0.309. The Balaban J connectivity index is 1.15. The molecule has 1 aliphatic heterocycles. The van der Waals surface area contributed by atoms with E-state index in [9.17, 15) is 0 Å². The molecule has 0 saturated carbocycles. The van der Waals surface area contributed by atoms with Crippen molar-refractivity contribution in [2.75, 3.05) is 31.6 Å². The molecule has 4 heterocycles. The Hall–Kier alpha value is -4.10. The number of rotatable bonds is 8. The van der Waals surface area contributed by atoms with Crippen LogP contribution in [0.25, 0.3) is 28.0 Å². The molecule has 1 saturated heterocycles. The molecule has 2 aromatic carbocycles. The monoisotopic (exact) mass is 465 g/mol. The number of furan rings is 1. The molecule has 0 atom stereocenters. The van der Waals surface area contributed by atoms with Gasteiger partial charge in [-0.1, -0.05) is 30.3 Å². The molecule has 7 heteroatoms. The van der Waals surface area contributed by atoms with E-state index in [4.69, 9.17) is 14.3 Å². The number of likely N-dealkylation sites (tertiary alicyclic amines) is 1. The molecule has 35 heavy (non-hydrogen) atoms. The standard InChI is InChI=1S/C28H27N5O2/c1-2-16-32(15-1)17-19-35-25-12-10-24(11-13-25)29-28-30-27-5-3-4-26(33(27)31-28)22-8-6-21(7-9-22)23-14-18-34-20-23/h3-14,18,20H,1-2,15-17,19H2,(H,29,31). The Bertz CT molecular complexity index is 1390. The Morgan fingerprint density at radius 1 is 0.857 bits per heavy atom. The minimum Gasteiger partial charge on any atom is -0.492 e. The van der Waals surface area contributed by atoms with Crippen LogP contribution in [0.5, 0.6) is 5.75 Å². The number of nitrogens with one attached hydrogen (secondary N) is 1. The van der Waals surface area contributed by atoms with Crippen molar-refractivity contribution in [2.24, 2.45) is 0 Å². The molecule has 5 aromatic rings. The first-order valence-corrected chi connectivity index (χ1v) is 12.0. The van der Waals surface area contributed by atoms with Crippen LogP contribution in [0, 0.1) is 0 Å². The summed E-state index contributed by atoms with van der Waals surface area (Å²) in [5, 5.41) is 8.03. The van der Waals surface area contributed by atoms with Crippen molar-refractivity contribution in [2.45, 2.75) is 12.8 Å². The lowest BCUT2D eigenvalue weighted by Gasteiger charge is -2.15. The van der Waals surface area contributed by atoms with E-state index < -0.39 is 0 Å². The minimum absolute atomic E-state index is 0.551. The Morgan fingerprint density at radius 2 is 1.66 bits per heavy atom. The molecule has 1 aliphatic rings. The molecule has 3 aromatic heterocycles. The third-order valence-electron chi connectivity index (χ3n) is 6.38. The number of anilines is 2. The van der Waals surface area contributed by atoms with Gasteiger partial charge >= 0.3 is 0 Å². The zero-order chi connectivity index (χ0) is 23.5. The van der Waals surface area contributed by atoms with Gasteiger partial charge in [0.05, 0.1) is 18.2 Å². The number of hydrogen-bond donors (Lipinski definition) is 1. The number of benzene rings is 2. The molecule has 0 bridgehead atoms. The maximum atomic E-state index is 5.91. The molecule has 0 unspecified atom stereocenters. The summed E-state index contributed by atoms with van der Waals surface area (Å²) in [6.07, 6.45) is 6.04. The van der Waals surface area contributed by atoms with Crippen LogP contribution in [0.4, 0.5) is 11.6 Å². The van der Waals surface area contributed by atoms with Crippen LogP contribution >= 0.6 is 0 Å². The second kappa shape index (κ2) is 9.64. The zero-order valence-corrected chi connectivity index (χ0v) is 19.4. The lowest BCUT2D eigenvalue weighted by molar-refractivity contribution is 0.238. The number of ether oxygens (including phenoxy) is 1. The Kier molecular flexibility index (Phi) is 5.90. The molecule has 6 rings (SSSR count). The van der Waals surface area contributed by atoms with E-state index in [0.29, 0.717) is 12.6 Å². The zero-order valence-electron chi connectivity index (χ0n) is 19.4. The third kappa shape index (κ3) is 4.76. The maximum Gasteiger partial charge on any atom is 0.247 e. The van der Waals surface area contributed by atoms with E-state index in [2.05, 4.69) is 39.5 Å². The Morgan fingerprint density at radius 3 is 2.43 bits per heavy atom. The van der Waals surface area contributed by atoms with Crippen molar-refractivity contribution in [3.05, 3.63) is 85.3 Å². The Labute approximate surface area is 204 Å². The molecule has 1 N–H and O–H groups in total. The first kappa shape index (κ1) is 21.4. The van der Waals surface area contributed by atoms with E-state index in [1.54, 1.807) is 12.5 Å². The average molecular weight is 466 g/mol. The molecule has 7 nitrogen and oxygen atoms in total. The number of fused-ring (bicyclic) bond motifs is 1. The summed E-state index contributed by atoms with van der Waals surface area (Å²) < 4.78 is 13.0. The predicted octanol–water partition coefficient (Wildman–Crippen LogP) is 5.87. The normalized spacial score (nSPS) is 13.9. The highest BCUT2D eigenvalue weighted by Gasteiger charge is 2.12. The van der Waals surface area contributed by atoms with Crippen molar-refractivity contribution >= 4 is 17.3 Å². The largest absolute Gasteiger partial charge is 0.492 e. The van der Waals surface area contributed by atoms with Gasteiger partial charge in [0.15, 0.2) is 5.65 Å². The van der Waals surface area contributed by atoms with Gasteiger partial charge in [0.2, 0.25) is 5.95 Å². The SMILES string of the molecule is c1cc(-c2ccc(-c3ccoc3)cc2)n2nc(Nc3ccc(OCCN4CCCC4)cc3)nc2c1. The van der Waals surface area contributed by atoms with Crippen LogP contribution in [0.2, 0.25) is 0 Å². The van der Waals surface area contributed by atoms with E-state index in [1.165, 1.54) is 25.9 Å². The van der Waals surface area contributed by atoms with Crippen LogP contribution in [0.3, 0.4) is 0 Å². The topological polar surface area (TPSA) is 67.8 Å². The number of pyridine rings is 1. The summed E-state index contributed by atoms with van der Waals surface area (Å²) in [5.74, 6) is 1.43. The lowest BCUT2D eigenvalue weighted by Crippen LogP contribution is -2.25. The molecule has 176 valence electrons. The van der Waals surface area contributed by atoms with Crippen LogP contribution < -0.4 is 10.1 Å². The summed E-state index contributed by atoms with van der Waals surface area (Å²) in [4.78, 5) is 7.11. The first-order chi connectivity index (χ1) is 17.3. The molecule has 0 amide bonds. The molecule has 0 spiro atoms. The first-order valence-electron chi connectivity index (χ1n) is 12.0. The van der Waals surface area contributed by atoms with Crippen LogP contribution in [0.15, 0.2) is 89.7 Å². The van der Waals surface area contributed by atoms with Crippen molar-refractivity contribution in [1.82, 2.24) is 19.5 Å². The van der Waals surface area contributed by atoms with Gasteiger partial charge in [0.25, 0.3) is 0 Å². The maximum absolute atomic E-state index is 5.91. The van der Waals surface area contributed by atoms with Gasteiger partial charge in [-0.15, -0.1) is 5.10 Å². The highest BCUT2D eigenvalue weighted by molar-refractivity contribution is 5.70. The van der Waals surface area contributed by atoms with E-state index in [0.717, 1.165) is 46.0 Å². The van der Waals surface area contributed by atoms with Crippen LogP contribution in [-0.2, 0) is 0 Å². The third-order valence-corrected chi connectivity index (χ3v) is 6.38. The van der Waals surface area contributed by atoms with Crippen LogP contribution in [-0.4, -0.2) is 45.7 Å². The molecule has 0 aliphatic carbocycles. The summed E-state index contributed by atoms with van der Waals surface area (Å²) in [7, 11) is 0. The van der Waals surface area contributed by atoms with Gasteiger partial charge in [-0.05, 0) is 74.0 Å². The fourth-order valence-corrected chi connectivity index (χ4v) is 4.50. The van der Waals surface area contributed by atoms with Gasteiger partial charge in [0.1, 0.15) is 12.4 Å². The second-order valence-corrected chi connectivity index (χ2v) is 8.75. The molecular formula is C28H27N5O2. The van der Waals surface area contributed by atoms with Crippen molar-refractivity contribution in [1.29, 1.82) is 0 Å². The fourth-order valence-electron chi connectivity index (χ4n) is 4.50. The fraction of sp³-hybridized carbons (Fsp3) is 0.214. The predicted molar refractivity (Wildman–Crippen MR) is 137 cm³/mol. The lowest BCUT2D eigenvalue weighted by atomic mass is 10.0. The van der Waals surface area contributed by atoms with Crippen molar-refractivity contribution in [3.63, 3.8) is 0 Å². The smallest absolute Gasteiger partial charge is 0.247 e. The summed E-state index contributed by atoms with van der Waals surface area (Å²) >= 11 is 0. The van der Waals surface area contributed by atoms with Gasteiger partial charge in [0, 0.05) is 23.4 Å². The van der Waals surface area contributed by atoms with Gasteiger partial charge in [-0.2, -0.15) is 4.98 Å². The van der Waals surface area contributed by atoms with Crippen LogP contribution in [0.1, 0.15) is 12.8 Å².